The maximum atomic E-state index is 13.6. The highest BCUT2D eigenvalue weighted by atomic mass is 32.2. The fraction of sp³-hybridized carbons (Fsp3) is 0.654. The van der Waals surface area contributed by atoms with E-state index < -0.39 is 9.84 Å². The zero-order valence-corrected chi connectivity index (χ0v) is 19.1. The van der Waals surface area contributed by atoms with Gasteiger partial charge in [0.15, 0.2) is 15.6 Å². The summed E-state index contributed by atoms with van der Waals surface area (Å²) in [5.74, 6) is 2.26. The van der Waals surface area contributed by atoms with Crippen molar-refractivity contribution in [2.45, 2.75) is 70.1 Å². The van der Waals surface area contributed by atoms with Crippen LogP contribution in [0.1, 0.15) is 63.9 Å². The summed E-state index contributed by atoms with van der Waals surface area (Å²) >= 11 is 0. The summed E-state index contributed by atoms with van der Waals surface area (Å²) in [5, 5.41) is 0. The minimum Gasteiger partial charge on any atom is -0.294 e. The first-order valence-corrected chi connectivity index (χ1v) is 13.4. The molecule has 0 radical (unpaired) electrons. The number of sulfone groups is 1. The third-order valence-electron chi connectivity index (χ3n) is 9.39. The lowest BCUT2D eigenvalue weighted by molar-refractivity contribution is -0.135. The Bertz CT molecular complexity index is 976. The normalized spacial score (nSPS) is 40.5. The molecule has 3 saturated carbocycles. The Morgan fingerprint density at radius 2 is 1.77 bits per heavy atom. The van der Waals surface area contributed by atoms with Gasteiger partial charge in [-0.05, 0) is 92.7 Å². The lowest BCUT2D eigenvalue weighted by atomic mass is 9.45. The predicted molar refractivity (Wildman–Crippen MR) is 119 cm³/mol. The van der Waals surface area contributed by atoms with Gasteiger partial charge in [-0.25, -0.2) is 8.42 Å². The van der Waals surface area contributed by atoms with Gasteiger partial charge in [-0.2, -0.15) is 0 Å². The second kappa shape index (κ2) is 7.05. The third kappa shape index (κ3) is 2.97. The van der Waals surface area contributed by atoms with Crippen molar-refractivity contribution in [3.05, 3.63) is 42.0 Å². The van der Waals surface area contributed by atoms with Crippen molar-refractivity contribution in [3.63, 3.8) is 0 Å². The molecule has 0 aliphatic heterocycles. The Labute approximate surface area is 181 Å². The van der Waals surface area contributed by atoms with E-state index in [9.17, 15) is 13.2 Å². The average Bonchev–Trinajstić information content (AvgIpc) is 3.02. The van der Waals surface area contributed by atoms with Crippen LogP contribution in [0.4, 0.5) is 0 Å². The van der Waals surface area contributed by atoms with Gasteiger partial charge in [-0.15, -0.1) is 0 Å². The number of fused-ring (bicyclic) bond motifs is 5. The van der Waals surface area contributed by atoms with Gasteiger partial charge in [0, 0.05) is 5.41 Å². The topological polar surface area (TPSA) is 51.2 Å². The third-order valence-corrected chi connectivity index (χ3v) is 11.3. The summed E-state index contributed by atoms with van der Waals surface area (Å²) in [5.41, 5.74) is 0.718. The molecule has 0 bridgehead atoms. The lowest BCUT2D eigenvalue weighted by Crippen LogP contribution is -2.56. The molecule has 162 valence electrons. The molecule has 1 unspecified atom stereocenters. The molecule has 1 aromatic rings. The number of carbonyl (C=O) groups excluding carboxylic acids is 1. The molecule has 4 aliphatic rings. The molecule has 0 N–H and O–H groups in total. The van der Waals surface area contributed by atoms with Crippen LogP contribution >= 0.6 is 0 Å². The number of aryl methyl sites for hydroxylation is 1. The van der Waals surface area contributed by atoms with Crippen LogP contribution < -0.4 is 0 Å². The summed E-state index contributed by atoms with van der Waals surface area (Å²) in [7, 11) is -3.34. The molecule has 3 nitrogen and oxygen atoms in total. The van der Waals surface area contributed by atoms with Crippen molar-refractivity contribution < 1.29 is 13.2 Å². The molecule has 4 heteroatoms. The van der Waals surface area contributed by atoms with Crippen LogP contribution in [0.25, 0.3) is 0 Å². The van der Waals surface area contributed by atoms with E-state index >= 15 is 0 Å². The number of benzene rings is 1. The minimum absolute atomic E-state index is 0.119. The number of hydrogen-bond acceptors (Lipinski definition) is 3. The van der Waals surface area contributed by atoms with Gasteiger partial charge >= 0.3 is 0 Å². The van der Waals surface area contributed by atoms with Crippen LogP contribution in [0.15, 0.2) is 41.3 Å². The molecule has 3 fully saturated rings. The monoisotopic (exact) mass is 426 g/mol. The van der Waals surface area contributed by atoms with E-state index in [0.29, 0.717) is 28.6 Å². The second-order valence-corrected chi connectivity index (χ2v) is 12.8. The van der Waals surface area contributed by atoms with Crippen LogP contribution in [0, 0.1) is 41.4 Å². The maximum Gasteiger partial charge on any atom is 0.178 e. The van der Waals surface area contributed by atoms with Crippen molar-refractivity contribution in [2.75, 3.05) is 5.75 Å². The smallest absolute Gasteiger partial charge is 0.178 e. The fourth-order valence-electron chi connectivity index (χ4n) is 7.81. The first kappa shape index (κ1) is 20.5. The van der Waals surface area contributed by atoms with Crippen LogP contribution in [0.3, 0.4) is 0 Å². The zero-order chi connectivity index (χ0) is 21.1. The summed E-state index contributed by atoms with van der Waals surface area (Å²) in [6, 6.07) is 7.40. The van der Waals surface area contributed by atoms with E-state index in [2.05, 4.69) is 13.0 Å². The maximum absolute atomic E-state index is 13.6. The molecule has 0 spiro atoms. The number of hydrogen-bond donors (Lipinski definition) is 0. The molecule has 1 aromatic carbocycles. The first-order valence-electron chi connectivity index (χ1n) is 11.8. The van der Waals surface area contributed by atoms with Crippen LogP contribution in [-0.4, -0.2) is 20.0 Å². The lowest BCUT2D eigenvalue weighted by Gasteiger charge is -2.60. The van der Waals surface area contributed by atoms with Crippen molar-refractivity contribution in [1.82, 2.24) is 0 Å². The van der Waals surface area contributed by atoms with E-state index in [1.807, 2.05) is 25.1 Å². The molecular weight excluding hydrogens is 392 g/mol. The van der Waals surface area contributed by atoms with E-state index in [1.54, 1.807) is 12.1 Å². The van der Waals surface area contributed by atoms with Gasteiger partial charge in [-0.1, -0.05) is 43.5 Å². The highest BCUT2D eigenvalue weighted by molar-refractivity contribution is 7.91. The summed E-state index contributed by atoms with van der Waals surface area (Å²) < 4.78 is 27.2. The highest BCUT2D eigenvalue weighted by Crippen LogP contribution is 2.65. The van der Waals surface area contributed by atoms with Crippen molar-refractivity contribution in [1.29, 1.82) is 0 Å². The standard InChI is InChI=1S/C26H34O3S/c1-18-6-9-20(10-7-18)30(28,29)17-26-15-4-3-5-19(26)8-11-21-22-12-13-24(27)25(22,2)16-14-23(21)26/h6-7,9-10,12-13,19,21-23H,3-5,8,11,14-17H2,1-2H3/t19?,21-,22-,23-,25-,26+/m0/s1. The Morgan fingerprint density at radius 3 is 2.53 bits per heavy atom. The second-order valence-electron chi connectivity index (χ2n) is 10.8. The zero-order valence-electron chi connectivity index (χ0n) is 18.3. The highest BCUT2D eigenvalue weighted by Gasteiger charge is 2.60. The van der Waals surface area contributed by atoms with Crippen molar-refractivity contribution >= 4 is 15.6 Å². The molecule has 0 aromatic heterocycles. The van der Waals surface area contributed by atoms with E-state index in [-0.39, 0.29) is 22.4 Å². The van der Waals surface area contributed by atoms with E-state index in [1.165, 1.54) is 12.8 Å². The van der Waals surface area contributed by atoms with Gasteiger partial charge in [0.2, 0.25) is 0 Å². The van der Waals surface area contributed by atoms with Crippen molar-refractivity contribution in [3.8, 4) is 0 Å². The summed E-state index contributed by atoms with van der Waals surface area (Å²) in [6.45, 7) is 4.15. The minimum atomic E-state index is -3.34. The SMILES string of the molecule is Cc1ccc(S(=O)(=O)C[C@]23CCCCC2CC[C@@H]2[C@@H]3CC[C@]3(C)C(=O)C=C[C@@H]23)cc1. The quantitative estimate of drug-likeness (QED) is 0.639. The van der Waals surface area contributed by atoms with E-state index in [0.717, 1.165) is 44.1 Å². The van der Waals surface area contributed by atoms with Crippen molar-refractivity contribution in [2.24, 2.45) is 34.5 Å². The van der Waals surface area contributed by atoms with Gasteiger partial charge < -0.3 is 0 Å². The number of rotatable bonds is 3. The fourth-order valence-corrected chi connectivity index (χ4v) is 9.83. The molecule has 4 aliphatic carbocycles. The molecule has 5 rings (SSSR count). The molecule has 0 amide bonds. The predicted octanol–water partition coefficient (Wildman–Crippen LogP) is 5.53. The Hall–Kier alpha value is -1.42. The van der Waals surface area contributed by atoms with Crippen LogP contribution in [0.5, 0.6) is 0 Å². The largest absolute Gasteiger partial charge is 0.294 e. The molecule has 30 heavy (non-hydrogen) atoms. The summed E-state index contributed by atoms with van der Waals surface area (Å²) in [4.78, 5) is 13.1. The number of carbonyl (C=O) groups is 1. The molecule has 0 heterocycles. The molecule has 6 atom stereocenters. The van der Waals surface area contributed by atoms with Gasteiger partial charge in [-0.3, -0.25) is 4.79 Å². The number of allylic oxidation sites excluding steroid dienone is 2. The molecule has 0 saturated heterocycles. The van der Waals surface area contributed by atoms with Crippen LogP contribution in [-0.2, 0) is 14.6 Å². The van der Waals surface area contributed by atoms with Gasteiger partial charge in [0.25, 0.3) is 0 Å². The van der Waals surface area contributed by atoms with Gasteiger partial charge in [0.1, 0.15) is 0 Å². The Balaban J connectivity index is 1.53. The average molecular weight is 427 g/mol. The first-order chi connectivity index (χ1) is 14.3. The van der Waals surface area contributed by atoms with E-state index in [4.69, 9.17) is 0 Å². The van der Waals surface area contributed by atoms with Gasteiger partial charge in [0.05, 0.1) is 10.6 Å². The number of ketones is 1. The Morgan fingerprint density at radius 1 is 1.00 bits per heavy atom. The Kier molecular flexibility index (Phi) is 4.81. The summed E-state index contributed by atoms with van der Waals surface area (Å²) in [6.07, 6.45) is 12.7. The molecular formula is C26H34O3S. The van der Waals surface area contributed by atoms with Crippen LogP contribution in [0.2, 0.25) is 0 Å².